The van der Waals surface area contributed by atoms with Crippen molar-refractivity contribution >= 4 is 39.9 Å². The third-order valence-electron chi connectivity index (χ3n) is 4.16. The molecular weight excluding hydrogens is 393 g/mol. The fraction of sp³-hybridized carbons (Fsp3) is 0.167. The summed E-state index contributed by atoms with van der Waals surface area (Å²) in [6.45, 7) is 0.679. The zero-order valence-corrected chi connectivity index (χ0v) is 15.4. The molecule has 6 nitrogen and oxygen atoms in total. The van der Waals surface area contributed by atoms with E-state index in [2.05, 4.69) is 10.3 Å². The van der Waals surface area contributed by atoms with Crippen LogP contribution in [0, 0.1) is 5.82 Å². The van der Waals surface area contributed by atoms with Gasteiger partial charge in [0.2, 0.25) is 0 Å². The van der Waals surface area contributed by atoms with E-state index in [-0.39, 0.29) is 22.9 Å². The molecule has 0 spiro atoms. The van der Waals surface area contributed by atoms with E-state index in [9.17, 15) is 14.0 Å². The van der Waals surface area contributed by atoms with Gasteiger partial charge in [0, 0.05) is 17.8 Å². The number of amides is 2. The van der Waals surface area contributed by atoms with Crippen molar-refractivity contribution in [1.82, 2.24) is 9.88 Å². The molecule has 2 aromatic heterocycles. The Morgan fingerprint density at radius 2 is 2.15 bits per heavy atom. The van der Waals surface area contributed by atoms with Gasteiger partial charge in [-0.15, -0.1) is 0 Å². The number of nitrogens with zero attached hydrogens (tertiary/aromatic N) is 2. The smallest absolute Gasteiger partial charge is 0.293 e. The first-order valence-electron chi connectivity index (χ1n) is 8.09. The normalized spacial score (nSPS) is 13.3. The number of hydrogen-bond donors (Lipinski definition) is 1. The summed E-state index contributed by atoms with van der Waals surface area (Å²) in [7, 11) is 0. The highest BCUT2D eigenvalue weighted by atomic mass is 35.5. The van der Waals surface area contributed by atoms with E-state index in [0.717, 1.165) is 10.6 Å². The highest BCUT2D eigenvalue weighted by Crippen LogP contribution is 2.30. The van der Waals surface area contributed by atoms with Crippen molar-refractivity contribution in [3.05, 3.63) is 69.3 Å². The molecule has 0 fully saturated rings. The molecule has 3 heterocycles. The second kappa shape index (κ2) is 7.13. The first kappa shape index (κ1) is 17.7. The Morgan fingerprint density at radius 1 is 1.30 bits per heavy atom. The van der Waals surface area contributed by atoms with E-state index >= 15 is 0 Å². The van der Waals surface area contributed by atoms with E-state index in [1.54, 1.807) is 12.1 Å². The Hall–Kier alpha value is -2.71. The van der Waals surface area contributed by atoms with Gasteiger partial charge in [-0.1, -0.05) is 29.0 Å². The summed E-state index contributed by atoms with van der Waals surface area (Å²) in [5.41, 5.74) is 0.692. The summed E-state index contributed by atoms with van der Waals surface area (Å²) in [6.07, 6.45) is 1.93. The lowest BCUT2D eigenvalue weighted by atomic mass is 10.1. The topological polar surface area (TPSA) is 75.4 Å². The molecule has 1 aliphatic rings. The van der Waals surface area contributed by atoms with Gasteiger partial charge in [0.15, 0.2) is 10.9 Å². The molecule has 1 N–H and O–H groups in total. The number of thiazole rings is 1. The predicted octanol–water partition coefficient (Wildman–Crippen LogP) is 3.98. The summed E-state index contributed by atoms with van der Waals surface area (Å²) in [6, 6.07) is 7.34. The maximum atomic E-state index is 14.0. The summed E-state index contributed by atoms with van der Waals surface area (Å²) < 4.78 is 19.1. The zero-order chi connectivity index (χ0) is 19.0. The Labute approximate surface area is 162 Å². The maximum Gasteiger partial charge on any atom is 0.293 e. The molecule has 0 saturated carbocycles. The first-order valence-corrected chi connectivity index (χ1v) is 9.29. The van der Waals surface area contributed by atoms with Crippen LogP contribution in [0.1, 0.15) is 31.5 Å². The molecule has 4 rings (SSSR count). The molecule has 0 radical (unpaired) electrons. The fourth-order valence-electron chi connectivity index (χ4n) is 2.85. The largest absolute Gasteiger partial charge is 0.459 e. The SMILES string of the molecule is O=C(Nc1nc2c(s1)CN(C(=O)c1c(F)cccc1Cl)CC2)c1ccco1. The molecule has 0 bridgehead atoms. The minimum absolute atomic E-state index is 0.0847. The molecule has 0 unspecified atom stereocenters. The van der Waals surface area contributed by atoms with Gasteiger partial charge in [-0.05, 0) is 24.3 Å². The standard InChI is InChI=1S/C18H13ClFN3O3S/c19-10-3-1-4-11(20)15(10)17(25)23-7-6-12-14(9-23)27-18(21-12)22-16(24)13-5-2-8-26-13/h1-5,8H,6-7,9H2,(H,21,22,24). The highest BCUT2D eigenvalue weighted by Gasteiger charge is 2.28. The maximum absolute atomic E-state index is 14.0. The van der Waals surface area contributed by atoms with Gasteiger partial charge in [-0.3, -0.25) is 14.9 Å². The van der Waals surface area contributed by atoms with Crippen LogP contribution in [0.5, 0.6) is 0 Å². The Kier molecular flexibility index (Phi) is 4.67. The van der Waals surface area contributed by atoms with Gasteiger partial charge in [0.25, 0.3) is 11.8 Å². The number of furan rings is 1. The number of benzene rings is 1. The second-order valence-corrected chi connectivity index (χ2v) is 7.38. The van der Waals surface area contributed by atoms with Crippen molar-refractivity contribution in [1.29, 1.82) is 0 Å². The van der Waals surface area contributed by atoms with Crippen LogP contribution in [0.4, 0.5) is 9.52 Å². The van der Waals surface area contributed by atoms with Crippen LogP contribution in [0.2, 0.25) is 5.02 Å². The minimum atomic E-state index is -0.644. The van der Waals surface area contributed by atoms with Crippen molar-refractivity contribution in [3.8, 4) is 0 Å². The molecule has 27 heavy (non-hydrogen) atoms. The van der Waals surface area contributed by atoms with Crippen molar-refractivity contribution in [2.45, 2.75) is 13.0 Å². The van der Waals surface area contributed by atoms with Crippen LogP contribution in [-0.2, 0) is 13.0 Å². The van der Waals surface area contributed by atoms with Gasteiger partial charge >= 0.3 is 0 Å². The summed E-state index contributed by atoms with van der Waals surface area (Å²) in [5, 5.41) is 3.20. The number of rotatable bonds is 3. The molecule has 1 aromatic carbocycles. The molecule has 1 aliphatic heterocycles. The van der Waals surface area contributed by atoms with E-state index in [1.165, 1.54) is 40.7 Å². The Bertz CT molecular complexity index is 999. The number of carbonyl (C=O) groups is 2. The lowest BCUT2D eigenvalue weighted by Crippen LogP contribution is -2.36. The van der Waals surface area contributed by atoms with Crippen LogP contribution >= 0.6 is 22.9 Å². The molecule has 9 heteroatoms. The van der Waals surface area contributed by atoms with Gasteiger partial charge in [0.05, 0.1) is 29.1 Å². The number of aromatic nitrogens is 1. The summed E-state index contributed by atoms with van der Waals surface area (Å²) in [4.78, 5) is 31.5. The van der Waals surface area contributed by atoms with Crippen LogP contribution < -0.4 is 5.32 Å². The van der Waals surface area contributed by atoms with Gasteiger partial charge in [-0.25, -0.2) is 9.37 Å². The average molecular weight is 406 g/mol. The Morgan fingerprint density at radius 3 is 2.89 bits per heavy atom. The first-order chi connectivity index (χ1) is 13.0. The summed E-state index contributed by atoms with van der Waals surface area (Å²) >= 11 is 7.28. The van der Waals surface area contributed by atoms with E-state index in [0.29, 0.717) is 18.1 Å². The molecular formula is C18H13ClFN3O3S. The molecule has 2 amide bonds. The van der Waals surface area contributed by atoms with E-state index < -0.39 is 17.6 Å². The zero-order valence-electron chi connectivity index (χ0n) is 13.9. The number of carbonyl (C=O) groups excluding carboxylic acids is 2. The monoisotopic (exact) mass is 405 g/mol. The van der Waals surface area contributed by atoms with Crippen LogP contribution in [0.3, 0.4) is 0 Å². The lowest BCUT2D eigenvalue weighted by molar-refractivity contribution is 0.0731. The van der Waals surface area contributed by atoms with Crippen molar-refractivity contribution in [2.75, 3.05) is 11.9 Å². The number of fused-ring (bicyclic) bond motifs is 1. The molecule has 0 aliphatic carbocycles. The lowest BCUT2D eigenvalue weighted by Gasteiger charge is -2.26. The summed E-state index contributed by atoms with van der Waals surface area (Å²) in [5.74, 6) is -1.31. The quantitative estimate of drug-likeness (QED) is 0.715. The molecule has 0 saturated heterocycles. The average Bonchev–Trinajstić information content (AvgIpc) is 3.30. The second-order valence-electron chi connectivity index (χ2n) is 5.89. The van der Waals surface area contributed by atoms with Gasteiger partial charge in [0.1, 0.15) is 5.82 Å². The van der Waals surface area contributed by atoms with Crippen molar-refractivity contribution in [2.24, 2.45) is 0 Å². The third-order valence-corrected chi connectivity index (χ3v) is 5.47. The third kappa shape index (κ3) is 3.45. The number of anilines is 1. The molecule has 138 valence electrons. The van der Waals surface area contributed by atoms with Crippen molar-refractivity contribution in [3.63, 3.8) is 0 Å². The van der Waals surface area contributed by atoms with E-state index in [4.69, 9.17) is 16.0 Å². The van der Waals surface area contributed by atoms with Gasteiger partial charge < -0.3 is 9.32 Å². The van der Waals surface area contributed by atoms with Crippen LogP contribution in [0.25, 0.3) is 0 Å². The molecule has 0 atom stereocenters. The number of halogens is 2. The highest BCUT2D eigenvalue weighted by molar-refractivity contribution is 7.15. The van der Waals surface area contributed by atoms with Crippen molar-refractivity contribution < 1.29 is 18.4 Å². The van der Waals surface area contributed by atoms with Gasteiger partial charge in [-0.2, -0.15) is 0 Å². The number of hydrogen-bond acceptors (Lipinski definition) is 5. The Balaban J connectivity index is 1.51. The van der Waals surface area contributed by atoms with Crippen LogP contribution in [0.15, 0.2) is 41.0 Å². The molecule has 3 aromatic rings. The minimum Gasteiger partial charge on any atom is -0.459 e. The number of nitrogens with one attached hydrogen (secondary N) is 1. The van der Waals surface area contributed by atoms with E-state index in [1.807, 2.05) is 0 Å². The fourth-order valence-corrected chi connectivity index (χ4v) is 4.11. The van der Waals surface area contributed by atoms with Crippen LogP contribution in [-0.4, -0.2) is 28.2 Å². The predicted molar refractivity (Wildman–Crippen MR) is 98.6 cm³/mol.